The van der Waals surface area contributed by atoms with Crippen LogP contribution < -0.4 is 5.73 Å². The van der Waals surface area contributed by atoms with Gasteiger partial charge in [0.15, 0.2) is 0 Å². The van der Waals surface area contributed by atoms with E-state index in [4.69, 9.17) is 10.5 Å². The molecule has 1 aliphatic heterocycles. The van der Waals surface area contributed by atoms with Crippen molar-refractivity contribution in [1.29, 1.82) is 0 Å². The first-order valence-electron chi connectivity index (χ1n) is 8.55. The quantitative estimate of drug-likeness (QED) is 0.649. The van der Waals surface area contributed by atoms with Gasteiger partial charge in [-0.3, -0.25) is 4.79 Å². The topological polar surface area (TPSA) is 92.9 Å². The summed E-state index contributed by atoms with van der Waals surface area (Å²) in [6.07, 6.45) is -0.487. The fourth-order valence-corrected chi connectivity index (χ4v) is 2.99. The van der Waals surface area contributed by atoms with Gasteiger partial charge in [0, 0.05) is 29.9 Å². The van der Waals surface area contributed by atoms with Crippen LogP contribution in [0.2, 0.25) is 0 Å². The Kier molecular flexibility index (Phi) is 4.95. The van der Waals surface area contributed by atoms with Crippen LogP contribution in [0.15, 0.2) is 36.4 Å². The van der Waals surface area contributed by atoms with Crippen molar-refractivity contribution in [1.82, 2.24) is 4.90 Å². The zero-order valence-corrected chi connectivity index (χ0v) is 14.9. The van der Waals surface area contributed by atoms with E-state index in [-0.39, 0.29) is 12.5 Å². The molecule has 1 amide bonds. The molecule has 0 spiro atoms. The molecule has 0 aliphatic carbocycles. The lowest BCUT2D eigenvalue weighted by molar-refractivity contribution is 0.00589. The van der Waals surface area contributed by atoms with E-state index >= 15 is 0 Å². The van der Waals surface area contributed by atoms with Crippen LogP contribution in [-0.2, 0) is 4.74 Å². The Morgan fingerprint density at radius 2 is 1.88 bits per heavy atom. The van der Waals surface area contributed by atoms with Gasteiger partial charge in [-0.25, -0.2) is 4.79 Å². The minimum absolute atomic E-state index is 0.228. The van der Waals surface area contributed by atoms with Gasteiger partial charge in [0.1, 0.15) is 0 Å². The first-order chi connectivity index (χ1) is 12.4. The van der Waals surface area contributed by atoms with Gasteiger partial charge < -0.3 is 20.5 Å². The summed E-state index contributed by atoms with van der Waals surface area (Å²) in [6.45, 7) is 4.51. The molecule has 1 saturated heterocycles. The summed E-state index contributed by atoms with van der Waals surface area (Å²) in [5.41, 5.74) is 9.83. The number of aryl methyl sites for hydroxylation is 1. The summed E-state index contributed by atoms with van der Waals surface area (Å²) in [5.74, 6) is -0.717. The van der Waals surface area contributed by atoms with Crippen LogP contribution in [0.4, 0.5) is 5.69 Å². The Bertz CT molecular complexity index is 857. The number of anilines is 1. The summed E-state index contributed by atoms with van der Waals surface area (Å²) in [6, 6.07) is 10.6. The molecule has 0 radical (unpaired) electrons. The molecule has 6 heteroatoms. The minimum atomic E-state index is -0.488. The number of nitrogens with two attached hydrogens (primary N) is 1. The third-order valence-corrected chi connectivity index (χ3v) is 4.36. The highest BCUT2D eigenvalue weighted by atomic mass is 16.5. The predicted molar refractivity (Wildman–Crippen MR) is 98.9 cm³/mol. The highest BCUT2D eigenvalue weighted by Crippen LogP contribution is 2.29. The van der Waals surface area contributed by atoms with Crippen molar-refractivity contribution in [2.24, 2.45) is 0 Å². The molecule has 136 valence electrons. The normalized spacial score (nSPS) is 14.0. The van der Waals surface area contributed by atoms with E-state index in [1.807, 2.05) is 25.1 Å². The average Bonchev–Trinajstić information content (AvgIpc) is 2.58. The van der Waals surface area contributed by atoms with Crippen LogP contribution in [0, 0.1) is 6.92 Å². The molecule has 1 heterocycles. The highest BCUT2D eigenvalue weighted by Gasteiger charge is 2.30. The molecule has 0 aromatic heterocycles. The van der Waals surface area contributed by atoms with Crippen molar-refractivity contribution in [3.63, 3.8) is 0 Å². The third-order valence-electron chi connectivity index (χ3n) is 4.36. The monoisotopic (exact) mass is 354 g/mol. The number of amides is 1. The summed E-state index contributed by atoms with van der Waals surface area (Å²) in [5, 5.41) is 9.44. The molecule has 1 aliphatic rings. The zero-order valence-electron chi connectivity index (χ0n) is 14.9. The van der Waals surface area contributed by atoms with Crippen LogP contribution >= 0.6 is 0 Å². The highest BCUT2D eigenvalue weighted by molar-refractivity contribution is 6.00. The predicted octanol–water partition coefficient (Wildman–Crippen LogP) is 2.24. The fourth-order valence-electron chi connectivity index (χ4n) is 2.99. The number of rotatable bonds is 4. The van der Waals surface area contributed by atoms with Gasteiger partial charge in [-0.05, 0) is 49.2 Å². The number of aliphatic hydroxyl groups is 1. The Hall–Kier alpha value is -2.86. The van der Waals surface area contributed by atoms with E-state index in [0.717, 1.165) is 11.1 Å². The van der Waals surface area contributed by atoms with Gasteiger partial charge in [-0.15, -0.1) is 0 Å². The van der Waals surface area contributed by atoms with Gasteiger partial charge in [0.25, 0.3) is 5.91 Å². The van der Waals surface area contributed by atoms with E-state index < -0.39 is 12.1 Å². The van der Waals surface area contributed by atoms with E-state index in [0.29, 0.717) is 35.5 Å². The van der Waals surface area contributed by atoms with E-state index in [2.05, 4.69) is 0 Å². The molecule has 2 aromatic rings. The molecule has 0 unspecified atom stereocenters. The number of ether oxygens (including phenoxy) is 1. The van der Waals surface area contributed by atoms with E-state index in [1.54, 1.807) is 19.1 Å². The van der Waals surface area contributed by atoms with Crippen molar-refractivity contribution in [2.75, 3.05) is 25.4 Å². The van der Waals surface area contributed by atoms with Gasteiger partial charge in [0.05, 0.1) is 18.3 Å². The number of nitrogen functional groups attached to an aromatic ring is 1. The van der Waals surface area contributed by atoms with Crippen LogP contribution in [0.1, 0.15) is 33.2 Å². The van der Waals surface area contributed by atoms with Crippen molar-refractivity contribution in [2.45, 2.75) is 20.0 Å². The molecule has 26 heavy (non-hydrogen) atoms. The van der Waals surface area contributed by atoms with Crippen LogP contribution in [0.25, 0.3) is 11.1 Å². The van der Waals surface area contributed by atoms with Gasteiger partial charge in [-0.1, -0.05) is 12.1 Å². The minimum Gasteiger partial charge on any atom is -0.462 e. The van der Waals surface area contributed by atoms with Gasteiger partial charge in [-0.2, -0.15) is 0 Å². The van der Waals surface area contributed by atoms with Crippen molar-refractivity contribution in [3.8, 4) is 11.1 Å². The number of benzene rings is 2. The number of carbonyl (C=O) groups is 2. The maximum atomic E-state index is 12.7. The fraction of sp³-hybridized carbons (Fsp3) is 0.300. The number of β-amino-alcohol motifs (C(OH)–C–C–N with tert-alkyl or cyclic N) is 1. The SMILES string of the molecule is CCOC(=O)c1cc(C(=O)N2CC(O)C2)cc(-c2ccc(C)cc2N)c1. The Morgan fingerprint density at radius 1 is 1.19 bits per heavy atom. The van der Waals surface area contributed by atoms with Crippen LogP contribution in [-0.4, -0.2) is 47.7 Å². The number of carbonyl (C=O) groups excluding carboxylic acids is 2. The second kappa shape index (κ2) is 7.17. The lowest BCUT2D eigenvalue weighted by Gasteiger charge is -2.36. The Balaban J connectivity index is 2.05. The standard InChI is InChI=1S/C20H22N2O4/c1-3-26-20(25)15-8-13(17-5-4-12(2)6-18(17)21)7-14(9-15)19(24)22-10-16(23)11-22/h4-9,16,23H,3,10-11,21H2,1-2H3. The molecule has 3 rings (SSSR count). The lowest BCUT2D eigenvalue weighted by atomic mass is 9.96. The maximum Gasteiger partial charge on any atom is 0.338 e. The largest absolute Gasteiger partial charge is 0.462 e. The zero-order chi connectivity index (χ0) is 18.8. The molecule has 2 aromatic carbocycles. The molecule has 0 bridgehead atoms. The van der Waals surface area contributed by atoms with E-state index in [9.17, 15) is 14.7 Å². The molecule has 6 nitrogen and oxygen atoms in total. The van der Waals surface area contributed by atoms with Crippen LogP contribution in [0.3, 0.4) is 0 Å². The first kappa shape index (κ1) is 17.9. The number of nitrogens with zero attached hydrogens (tertiary/aromatic N) is 1. The molecule has 0 atom stereocenters. The molecule has 1 fully saturated rings. The molecule has 3 N–H and O–H groups in total. The Morgan fingerprint density at radius 3 is 2.50 bits per heavy atom. The summed E-state index contributed by atoms with van der Waals surface area (Å²) >= 11 is 0. The molecule has 0 saturated carbocycles. The number of likely N-dealkylation sites (tertiary alicyclic amines) is 1. The maximum absolute atomic E-state index is 12.7. The molecular weight excluding hydrogens is 332 g/mol. The van der Waals surface area contributed by atoms with Crippen molar-refractivity contribution in [3.05, 3.63) is 53.1 Å². The number of hydrogen-bond donors (Lipinski definition) is 2. The van der Waals surface area contributed by atoms with Gasteiger partial charge in [0.2, 0.25) is 0 Å². The molecular formula is C20H22N2O4. The summed E-state index contributed by atoms with van der Waals surface area (Å²) < 4.78 is 5.09. The lowest BCUT2D eigenvalue weighted by Crippen LogP contribution is -2.53. The van der Waals surface area contributed by atoms with Crippen molar-refractivity contribution < 1.29 is 19.4 Å². The van der Waals surface area contributed by atoms with E-state index in [1.165, 1.54) is 11.0 Å². The number of hydrogen-bond acceptors (Lipinski definition) is 5. The summed E-state index contributed by atoms with van der Waals surface area (Å²) in [4.78, 5) is 26.4. The summed E-state index contributed by atoms with van der Waals surface area (Å²) in [7, 11) is 0. The second-order valence-corrected chi connectivity index (χ2v) is 6.47. The van der Waals surface area contributed by atoms with Crippen molar-refractivity contribution >= 4 is 17.6 Å². The number of aliphatic hydroxyl groups excluding tert-OH is 1. The van der Waals surface area contributed by atoms with Gasteiger partial charge >= 0.3 is 5.97 Å². The third kappa shape index (κ3) is 3.55. The second-order valence-electron chi connectivity index (χ2n) is 6.47. The van der Waals surface area contributed by atoms with Crippen LogP contribution in [0.5, 0.6) is 0 Å². The smallest absolute Gasteiger partial charge is 0.338 e. The Labute approximate surface area is 152 Å². The number of esters is 1. The first-order valence-corrected chi connectivity index (χ1v) is 8.55. The average molecular weight is 354 g/mol.